The second-order valence-corrected chi connectivity index (χ2v) is 3.96. The first kappa shape index (κ1) is 13.7. The van der Waals surface area contributed by atoms with Crippen LogP contribution in [0.2, 0.25) is 0 Å². The van der Waals surface area contributed by atoms with Gasteiger partial charge in [-0.3, -0.25) is 0 Å². The van der Waals surface area contributed by atoms with Crippen molar-refractivity contribution >= 4 is 5.97 Å². The summed E-state index contributed by atoms with van der Waals surface area (Å²) in [4.78, 5) is 12.0. The first-order chi connectivity index (χ1) is 9.63. The predicted octanol–water partition coefficient (Wildman–Crippen LogP) is 2.63. The second kappa shape index (κ2) is 5.97. The van der Waals surface area contributed by atoms with E-state index in [0.29, 0.717) is 17.1 Å². The third-order valence-electron chi connectivity index (χ3n) is 2.65. The highest BCUT2D eigenvalue weighted by molar-refractivity contribution is 5.91. The smallest absolute Gasteiger partial charge is 0.343 e. The Bertz CT molecular complexity index is 621. The standard InChI is InChI=1S/C15H14O5/c1-18-13-7-6-10(8-14(13)19-2)15(17)20-12-5-3-4-11(16)9-12/h3-9,16H,1-2H3. The van der Waals surface area contributed by atoms with E-state index in [2.05, 4.69) is 0 Å². The average Bonchev–Trinajstić information content (AvgIpc) is 2.46. The number of phenolic OH excluding ortho intramolecular Hbond substituents is 1. The Kier molecular flexibility index (Phi) is 4.10. The molecule has 2 aromatic carbocycles. The summed E-state index contributed by atoms with van der Waals surface area (Å²) in [6.07, 6.45) is 0. The van der Waals surface area contributed by atoms with E-state index in [1.807, 2.05) is 0 Å². The molecule has 0 amide bonds. The molecule has 5 nitrogen and oxygen atoms in total. The van der Waals surface area contributed by atoms with Gasteiger partial charge in [0.2, 0.25) is 0 Å². The van der Waals surface area contributed by atoms with E-state index in [1.165, 1.54) is 32.4 Å². The highest BCUT2D eigenvalue weighted by Gasteiger charge is 2.13. The molecule has 0 aliphatic rings. The number of carbonyl (C=O) groups is 1. The number of hydrogen-bond donors (Lipinski definition) is 1. The van der Waals surface area contributed by atoms with Crippen LogP contribution in [0.1, 0.15) is 10.4 Å². The van der Waals surface area contributed by atoms with Gasteiger partial charge < -0.3 is 19.3 Å². The predicted molar refractivity (Wildman–Crippen MR) is 72.6 cm³/mol. The lowest BCUT2D eigenvalue weighted by atomic mass is 10.2. The van der Waals surface area contributed by atoms with Crippen LogP contribution in [-0.4, -0.2) is 25.3 Å². The van der Waals surface area contributed by atoms with Crippen LogP contribution >= 0.6 is 0 Å². The van der Waals surface area contributed by atoms with E-state index < -0.39 is 5.97 Å². The van der Waals surface area contributed by atoms with Gasteiger partial charge >= 0.3 is 5.97 Å². The van der Waals surface area contributed by atoms with Crippen LogP contribution in [0, 0.1) is 0 Å². The van der Waals surface area contributed by atoms with Crippen LogP contribution in [0.25, 0.3) is 0 Å². The van der Waals surface area contributed by atoms with E-state index >= 15 is 0 Å². The maximum atomic E-state index is 12.0. The molecule has 5 heteroatoms. The van der Waals surface area contributed by atoms with Gasteiger partial charge in [-0.2, -0.15) is 0 Å². The van der Waals surface area contributed by atoms with Crippen molar-refractivity contribution in [1.29, 1.82) is 0 Å². The van der Waals surface area contributed by atoms with E-state index in [4.69, 9.17) is 14.2 Å². The van der Waals surface area contributed by atoms with Gasteiger partial charge in [-0.25, -0.2) is 4.79 Å². The molecule has 0 aromatic heterocycles. The van der Waals surface area contributed by atoms with Gasteiger partial charge in [-0.1, -0.05) is 6.07 Å². The molecule has 0 unspecified atom stereocenters. The maximum absolute atomic E-state index is 12.0. The molecule has 0 aliphatic carbocycles. The van der Waals surface area contributed by atoms with Crippen molar-refractivity contribution in [2.45, 2.75) is 0 Å². The molecule has 0 fully saturated rings. The zero-order valence-electron chi connectivity index (χ0n) is 11.1. The molecule has 0 heterocycles. The van der Waals surface area contributed by atoms with Gasteiger partial charge in [0.15, 0.2) is 11.5 Å². The number of ether oxygens (including phenoxy) is 3. The Morgan fingerprint density at radius 2 is 1.75 bits per heavy atom. The second-order valence-electron chi connectivity index (χ2n) is 3.96. The van der Waals surface area contributed by atoms with Crippen LogP contribution in [0.4, 0.5) is 0 Å². The summed E-state index contributed by atoms with van der Waals surface area (Å²) in [5.74, 6) is 0.725. The fraction of sp³-hybridized carbons (Fsp3) is 0.133. The fourth-order valence-electron chi connectivity index (χ4n) is 1.68. The van der Waals surface area contributed by atoms with Gasteiger partial charge in [0, 0.05) is 6.07 Å². The minimum Gasteiger partial charge on any atom is -0.508 e. The van der Waals surface area contributed by atoms with Crippen molar-refractivity contribution in [1.82, 2.24) is 0 Å². The van der Waals surface area contributed by atoms with Gasteiger partial charge in [0.1, 0.15) is 11.5 Å². The number of phenols is 1. The fourth-order valence-corrected chi connectivity index (χ4v) is 1.68. The first-order valence-corrected chi connectivity index (χ1v) is 5.87. The Morgan fingerprint density at radius 3 is 2.40 bits per heavy atom. The van der Waals surface area contributed by atoms with Crippen molar-refractivity contribution in [2.24, 2.45) is 0 Å². The molecular formula is C15H14O5. The quantitative estimate of drug-likeness (QED) is 0.685. The number of rotatable bonds is 4. The molecule has 104 valence electrons. The Balaban J connectivity index is 2.21. The number of hydrogen-bond acceptors (Lipinski definition) is 5. The monoisotopic (exact) mass is 274 g/mol. The molecule has 2 rings (SSSR count). The number of benzene rings is 2. The largest absolute Gasteiger partial charge is 0.508 e. The average molecular weight is 274 g/mol. The van der Waals surface area contributed by atoms with Crippen LogP contribution in [0.15, 0.2) is 42.5 Å². The summed E-state index contributed by atoms with van der Waals surface area (Å²) in [6.45, 7) is 0. The summed E-state index contributed by atoms with van der Waals surface area (Å²) in [5, 5.41) is 9.32. The van der Waals surface area contributed by atoms with Crippen molar-refractivity contribution in [2.75, 3.05) is 14.2 Å². The number of carbonyl (C=O) groups excluding carboxylic acids is 1. The van der Waals surface area contributed by atoms with E-state index in [1.54, 1.807) is 24.3 Å². The van der Waals surface area contributed by atoms with Crippen LogP contribution < -0.4 is 14.2 Å². The van der Waals surface area contributed by atoms with Gasteiger partial charge in [0.05, 0.1) is 19.8 Å². The molecule has 0 saturated heterocycles. The number of aromatic hydroxyl groups is 1. The minimum absolute atomic E-state index is 0.0302. The van der Waals surface area contributed by atoms with E-state index in [-0.39, 0.29) is 11.5 Å². The van der Waals surface area contributed by atoms with Gasteiger partial charge in [-0.15, -0.1) is 0 Å². The van der Waals surface area contributed by atoms with Gasteiger partial charge in [0.25, 0.3) is 0 Å². The Hall–Kier alpha value is -2.69. The Morgan fingerprint density at radius 1 is 1.00 bits per heavy atom. The molecule has 0 atom stereocenters. The van der Waals surface area contributed by atoms with E-state index in [0.717, 1.165) is 0 Å². The summed E-state index contributed by atoms with van der Waals surface area (Å²) >= 11 is 0. The normalized spacial score (nSPS) is 9.90. The van der Waals surface area contributed by atoms with Crippen LogP contribution in [-0.2, 0) is 0 Å². The Labute approximate surface area is 116 Å². The molecule has 0 saturated carbocycles. The zero-order chi connectivity index (χ0) is 14.5. The van der Waals surface area contributed by atoms with Crippen molar-refractivity contribution in [3.8, 4) is 23.0 Å². The van der Waals surface area contributed by atoms with E-state index in [9.17, 15) is 9.90 Å². The highest BCUT2D eigenvalue weighted by Crippen LogP contribution is 2.28. The highest BCUT2D eigenvalue weighted by atomic mass is 16.5. The summed E-state index contributed by atoms with van der Waals surface area (Å²) in [7, 11) is 3.00. The molecule has 20 heavy (non-hydrogen) atoms. The van der Waals surface area contributed by atoms with Crippen LogP contribution in [0.3, 0.4) is 0 Å². The molecule has 1 N–H and O–H groups in total. The molecular weight excluding hydrogens is 260 g/mol. The lowest BCUT2D eigenvalue weighted by Gasteiger charge is -2.09. The molecule has 2 aromatic rings. The lowest BCUT2D eigenvalue weighted by molar-refractivity contribution is 0.0734. The lowest BCUT2D eigenvalue weighted by Crippen LogP contribution is -2.08. The van der Waals surface area contributed by atoms with Crippen molar-refractivity contribution in [3.63, 3.8) is 0 Å². The van der Waals surface area contributed by atoms with Crippen molar-refractivity contribution < 1.29 is 24.1 Å². The minimum atomic E-state index is -0.545. The van der Waals surface area contributed by atoms with Gasteiger partial charge in [-0.05, 0) is 30.3 Å². The third-order valence-corrected chi connectivity index (χ3v) is 2.65. The molecule has 0 bridgehead atoms. The summed E-state index contributed by atoms with van der Waals surface area (Å²) < 4.78 is 15.4. The van der Waals surface area contributed by atoms with Crippen molar-refractivity contribution in [3.05, 3.63) is 48.0 Å². The number of methoxy groups -OCH3 is 2. The summed E-state index contributed by atoms with van der Waals surface area (Å²) in [6, 6.07) is 10.8. The zero-order valence-corrected chi connectivity index (χ0v) is 11.1. The first-order valence-electron chi connectivity index (χ1n) is 5.87. The maximum Gasteiger partial charge on any atom is 0.343 e. The third kappa shape index (κ3) is 3.00. The molecule has 0 spiro atoms. The molecule has 0 radical (unpaired) electrons. The topological polar surface area (TPSA) is 65.0 Å². The van der Waals surface area contributed by atoms with Crippen LogP contribution in [0.5, 0.6) is 23.0 Å². The SMILES string of the molecule is COc1ccc(C(=O)Oc2cccc(O)c2)cc1OC. The molecule has 0 aliphatic heterocycles. The summed E-state index contributed by atoms with van der Waals surface area (Å²) in [5.41, 5.74) is 0.325. The number of esters is 1.